The first-order valence-electron chi connectivity index (χ1n) is 9.32. The van der Waals surface area contributed by atoms with Crippen LogP contribution in [0.2, 0.25) is 65.0 Å². The first-order valence-corrected chi connectivity index (χ1v) is 21.5. The number of carbonyl (C=O) groups excluding carboxylic acids is 1. The van der Waals surface area contributed by atoms with Crippen LogP contribution in [-0.4, -0.2) is 46.4 Å². The molecule has 0 aliphatic rings. The smallest absolute Gasteiger partial charge is 0.417 e. The van der Waals surface area contributed by atoms with Crippen LogP contribution >= 0.6 is 0 Å². The van der Waals surface area contributed by atoms with Gasteiger partial charge in [-0.2, -0.15) is 0 Å². The lowest BCUT2D eigenvalue weighted by Crippen LogP contribution is -2.60. The summed E-state index contributed by atoms with van der Waals surface area (Å²) < 4.78 is 20.0. The first-order chi connectivity index (χ1) is 11.2. The zero-order valence-corrected chi connectivity index (χ0v) is 21.8. The molecule has 0 aliphatic carbocycles. The number of hydrogen-bond donors (Lipinski definition) is 0. The summed E-state index contributed by atoms with van der Waals surface area (Å²) >= 11 is 0. The largest absolute Gasteiger partial charge is 0.469 e. The van der Waals surface area contributed by atoms with E-state index in [9.17, 15) is 4.79 Å². The van der Waals surface area contributed by atoms with E-state index in [0.29, 0.717) is 6.54 Å². The molecule has 5 nitrogen and oxygen atoms in total. The van der Waals surface area contributed by atoms with E-state index in [1.54, 1.807) is 6.08 Å². The summed E-state index contributed by atoms with van der Waals surface area (Å²) in [7, 11) is -8.02. The normalized spacial score (nSPS) is 13.6. The minimum absolute atomic E-state index is 0.578. The number of hydrogen-bond acceptors (Lipinski definition) is 5. The molecule has 0 bridgehead atoms. The third-order valence-electron chi connectivity index (χ3n) is 2.95. The van der Waals surface area contributed by atoms with Gasteiger partial charge < -0.3 is 12.3 Å². The monoisotopic (exact) mass is 421 g/mol. The van der Waals surface area contributed by atoms with Gasteiger partial charge >= 0.3 is 8.80 Å². The second-order valence-electron chi connectivity index (χ2n) is 9.46. The summed E-state index contributed by atoms with van der Waals surface area (Å²) in [6.45, 7) is 20.5. The molecule has 0 rings (SSSR count). The lowest BCUT2D eigenvalue weighted by molar-refractivity contribution is 0.250. The highest BCUT2D eigenvalue weighted by Crippen LogP contribution is 2.30. The topological polar surface area (TPSA) is 57.1 Å². The van der Waals surface area contributed by atoms with Crippen molar-refractivity contribution < 1.29 is 17.1 Å². The molecule has 0 spiro atoms. The van der Waals surface area contributed by atoms with Crippen molar-refractivity contribution in [3.05, 3.63) is 0 Å². The van der Waals surface area contributed by atoms with Crippen LogP contribution in [0.5, 0.6) is 0 Å². The van der Waals surface area contributed by atoms with E-state index in [2.05, 4.69) is 63.9 Å². The van der Waals surface area contributed by atoms with Crippen LogP contribution in [-0.2, 0) is 17.1 Å². The van der Waals surface area contributed by atoms with Crippen LogP contribution in [0, 0.1) is 0 Å². The van der Waals surface area contributed by atoms with Gasteiger partial charge in [0.2, 0.25) is 6.08 Å². The molecule has 0 amide bonds. The molecular formula is C16H39NO4Si4. The van der Waals surface area contributed by atoms with Crippen molar-refractivity contribution in [3.63, 3.8) is 0 Å². The van der Waals surface area contributed by atoms with Crippen LogP contribution in [0.25, 0.3) is 0 Å². The number of isocyanates is 1. The number of rotatable bonds is 13. The predicted octanol–water partition coefficient (Wildman–Crippen LogP) is 5.38. The Balaban J connectivity index is 5.07. The van der Waals surface area contributed by atoms with E-state index in [1.165, 1.54) is 0 Å². The molecule has 0 N–H and O–H groups in total. The van der Waals surface area contributed by atoms with Crippen LogP contribution < -0.4 is 0 Å². The Morgan fingerprint density at radius 3 is 1.44 bits per heavy atom. The van der Waals surface area contributed by atoms with E-state index in [0.717, 1.165) is 31.7 Å². The molecule has 0 aliphatic heterocycles. The molecule has 0 heterocycles. The van der Waals surface area contributed by atoms with E-state index in [1.807, 2.05) is 0 Å². The minimum atomic E-state index is -2.68. The SMILES string of the molecule is C[Si](C)(C)O[Si](CCCCCCN=C=O)(O[Si](C)(C)C)O[Si](C)(C)C. The molecular weight excluding hydrogens is 383 g/mol. The summed E-state index contributed by atoms with van der Waals surface area (Å²) in [5, 5.41) is 0. The molecule has 0 radical (unpaired) electrons. The van der Waals surface area contributed by atoms with Crippen molar-refractivity contribution in [1.29, 1.82) is 0 Å². The molecule has 148 valence electrons. The van der Waals surface area contributed by atoms with Gasteiger partial charge in [-0.1, -0.05) is 12.8 Å². The van der Waals surface area contributed by atoms with E-state index < -0.39 is 33.8 Å². The van der Waals surface area contributed by atoms with E-state index in [4.69, 9.17) is 12.3 Å². The Labute approximate surface area is 159 Å². The van der Waals surface area contributed by atoms with Gasteiger partial charge in [-0.3, -0.25) is 0 Å². The van der Waals surface area contributed by atoms with Gasteiger partial charge in [0.15, 0.2) is 25.0 Å². The highest BCUT2D eigenvalue weighted by Gasteiger charge is 2.49. The van der Waals surface area contributed by atoms with Crippen LogP contribution in [0.1, 0.15) is 25.7 Å². The fraction of sp³-hybridized carbons (Fsp3) is 0.938. The third kappa shape index (κ3) is 14.9. The van der Waals surface area contributed by atoms with Crippen molar-refractivity contribution >= 4 is 39.8 Å². The lowest BCUT2D eigenvalue weighted by atomic mass is 10.2. The van der Waals surface area contributed by atoms with E-state index >= 15 is 0 Å². The maximum absolute atomic E-state index is 10.1. The molecule has 0 aromatic carbocycles. The molecule has 25 heavy (non-hydrogen) atoms. The van der Waals surface area contributed by atoms with Crippen molar-refractivity contribution in [1.82, 2.24) is 0 Å². The summed E-state index contributed by atoms with van der Waals surface area (Å²) in [6.07, 6.45) is 5.71. The lowest BCUT2D eigenvalue weighted by Gasteiger charge is -2.43. The van der Waals surface area contributed by atoms with E-state index in [-0.39, 0.29) is 0 Å². The molecule has 0 atom stereocenters. The molecule has 0 aromatic heterocycles. The third-order valence-corrected chi connectivity index (χ3v) is 15.0. The molecule has 9 heteroatoms. The summed E-state index contributed by atoms with van der Waals surface area (Å²) in [5.74, 6) is 0. The van der Waals surface area contributed by atoms with Crippen molar-refractivity contribution in [2.75, 3.05) is 6.54 Å². The van der Waals surface area contributed by atoms with Crippen molar-refractivity contribution in [2.24, 2.45) is 4.99 Å². The Morgan fingerprint density at radius 1 is 0.680 bits per heavy atom. The number of unbranched alkanes of at least 4 members (excludes halogenated alkanes) is 3. The van der Waals surface area contributed by atoms with Crippen molar-refractivity contribution in [2.45, 2.75) is 90.7 Å². The standard InChI is InChI=1S/C16H39NO4Si4/c1-22(2,3)19-25(20-23(4,5)6,21-24(7,8)9)15-13-11-10-12-14-17-16-18/h10-15H2,1-9H3. The average Bonchev–Trinajstić information content (AvgIpc) is 2.31. The molecule has 0 saturated heterocycles. The van der Waals surface area contributed by atoms with Gasteiger partial charge in [0.1, 0.15) is 0 Å². The Hall–Kier alpha value is 0.128. The van der Waals surface area contributed by atoms with Gasteiger partial charge in [-0.05, 0) is 71.8 Å². The highest BCUT2D eigenvalue weighted by atomic mass is 28.5. The minimum Gasteiger partial charge on any atom is -0.417 e. The van der Waals surface area contributed by atoms with Gasteiger partial charge in [-0.15, -0.1) is 0 Å². The quantitative estimate of drug-likeness (QED) is 0.173. The second kappa shape index (κ2) is 10.5. The molecule has 0 unspecified atom stereocenters. The van der Waals surface area contributed by atoms with Crippen molar-refractivity contribution in [3.8, 4) is 0 Å². The molecule has 0 fully saturated rings. The van der Waals surface area contributed by atoms with Crippen LogP contribution in [0.15, 0.2) is 4.99 Å². The average molecular weight is 422 g/mol. The summed E-state index contributed by atoms with van der Waals surface area (Å²) in [6, 6.07) is 0.892. The Morgan fingerprint density at radius 2 is 1.08 bits per heavy atom. The fourth-order valence-electron chi connectivity index (χ4n) is 2.55. The Bertz CT molecular complexity index is 394. The zero-order chi connectivity index (χ0) is 19.8. The maximum atomic E-state index is 10.1. The summed E-state index contributed by atoms with van der Waals surface area (Å²) in [4.78, 5) is 13.7. The summed E-state index contributed by atoms with van der Waals surface area (Å²) in [5.41, 5.74) is 0. The first kappa shape index (κ1) is 25.1. The maximum Gasteiger partial charge on any atom is 0.469 e. The highest BCUT2D eigenvalue weighted by molar-refractivity contribution is 6.90. The van der Waals surface area contributed by atoms with Gasteiger partial charge in [0, 0.05) is 6.04 Å². The zero-order valence-electron chi connectivity index (χ0n) is 17.8. The molecule has 0 saturated carbocycles. The van der Waals surface area contributed by atoms with Gasteiger partial charge in [0.25, 0.3) is 0 Å². The second-order valence-corrected chi connectivity index (χ2v) is 26.5. The Kier molecular flexibility index (Phi) is 10.5. The number of nitrogens with zero attached hydrogens (tertiary/aromatic N) is 1. The van der Waals surface area contributed by atoms with Crippen LogP contribution in [0.4, 0.5) is 0 Å². The number of aliphatic imine (C=N–C) groups is 1. The molecule has 0 aromatic rings. The van der Waals surface area contributed by atoms with Crippen LogP contribution in [0.3, 0.4) is 0 Å². The predicted molar refractivity (Wildman–Crippen MR) is 115 cm³/mol. The van der Waals surface area contributed by atoms with Gasteiger partial charge in [-0.25, -0.2) is 9.79 Å². The van der Waals surface area contributed by atoms with Gasteiger partial charge in [0.05, 0.1) is 6.54 Å². The fourth-order valence-corrected chi connectivity index (χ4v) is 17.3.